The molecule has 2 aliphatic carbocycles. The SMILES string of the molecule is COCC(C)OCC(=O)N[C@@H]1C[C@H](NC(=O)COc2ccc(Cl)cc2)C2CC21. The van der Waals surface area contributed by atoms with Gasteiger partial charge in [-0.2, -0.15) is 0 Å². The highest BCUT2D eigenvalue weighted by atomic mass is 35.5. The molecule has 2 saturated carbocycles. The largest absolute Gasteiger partial charge is 0.484 e. The summed E-state index contributed by atoms with van der Waals surface area (Å²) in [6.07, 6.45) is 1.64. The fourth-order valence-corrected chi connectivity index (χ4v) is 3.92. The summed E-state index contributed by atoms with van der Waals surface area (Å²) >= 11 is 5.83. The summed E-state index contributed by atoms with van der Waals surface area (Å²) in [5.74, 6) is 1.18. The van der Waals surface area contributed by atoms with Crippen molar-refractivity contribution in [1.29, 1.82) is 0 Å². The Morgan fingerprint density at radius 1 is 1.07 bits per heavy atom. The van der Waals surface area contributed by atoms with Crippen molar-refractivity contribution in [3.8, 4) is 5.75 Å². The number of rotatable bonds is 10. The number of carbonyl (C=O) groups is 2. The molecular formula is C20H27ClN2O5. The Morgan fingerprint density at radius 2 is 1.68 bits per heavy atom. The lowest BCUT2D eigenvalue weighted by Gasteiger charge is -2.19. The number of hydrogen-bond donors (Lipinski definition) is 2. The van der Waals surface area contributed by atoms with Crippen LogP contribution >= 0.6 is 11.6 Å². The monoisotopic (exact) mass is 410 g/mol. The van der Waals surface area contributed by atoms with Crippen LogP contribution in [0.15, 0.2) is 24.3 Å². The van der Waals surface area contributed by atoms with Gasteiger partial charge >= 0.3 is 0 Å². The van der Waals surface area contributed by atoms with Crippen LogP contribution in [0.25, 0.3) is 0 Å². The summed E-state index contributed by atoms with van der Waals surface area (Å²) in [6, 6.07) is 7.04. The molecule has 3 rings (SSSR count). The Morgan fingerprint density at radius 3 is 2.29 bits per heavy atom. The van der Waals surface area contributed by atoms with Crippen molar-refractivity contribution < 1.29 is 23.8 Å². The van der Waals surface area contributed by atoms with E-state index in [2.05, 4.69) is 10.6 Å². The number of methoxy groups -OCH3 is 1. The van der Waals surface area contributed by atoms with Gasteiger partial charge in [0.05, 0.1) is 12.7 Å². The van der Waals surface area contributed by atoms with E-state index >= 15 is 0 Å². The van der Waals surface area contributed by atoms with Crippen LogP contribution in [-0.2, 0) is 19.1 Å². The normalized spacial score (nSPS) is 26.2. The molecule has 0 heterocycles. The molecule has 2 N–H and O–H groups in total. The van der Waals surface area contributed by atoms with Crippen molar-refractivity contribution in [1.82, 2.24) is 10.6 Å². The van der Waals surface area contributed by atoms with Crippen LogP contribution in [0.5, 0.6) is 5.75 Å². The van der Waals surface area contributed by atoms with E-state index in [1.54, 1.807) is 31.4 Å². The van der Waals surface area contributed by atoms with Gasteiger partial charge in [0, 0.05) is 24.2 Å². The number of fused-ring (bicyclic) bond motifs is 1. The fourth-order valence-electron chi connectivity index (χ4n) is 3.79. The number of nitrogens with one attached hydrogen (secondary N) is 2. The number of amides is 2. The van der Waals surface area contributed by atoms with Crippen molar-refractivity contribution in [2.75, 3.05) is 26.9 Å². The summed E-state index contributed by atoms with van der Waals surface area (Å²) in [5.41, 5.74) is 0. The number of halogens is 1. The molecular weight excluding hydrogens is 384 g/mol. The van der Waals surface area contributed by atoms with Gasteiger partial charge in [-0.15, -0.1) is 0 Å². The van der Waals surface area contributed by atoms with Gasteiger partial charge in [0.25, 0.3) is 5.91 Å². The second-order valence-corrected chi connectivity index (χ2v) is 7.90. The van der Waals surface area contributed by atoms with E-state index in [0.717, 1.165) is 12.8 Å². The van der Waals surface area contributed by atoms with E-state index < -0.39 is 0 Å². The third-order valence-electron chi connectivity index (χ3n) is 5.21. The molecule has 1 aromatic carbocycles. The predicted molar refractivity (Wildman–Crippen MR) is 104 cm³/mol. The molecule has 0 radical (unpaired) electrons. The standard InChI is InChI=1S/C20H27ClN2O5/c1-12(9-26-2)27-10-19(24)22-17-8-18(16-7-15(16)17)23-20(25)11-28-14-5-3-13(21)4-6-14/h3-6,12,15-18H,7-11H2,1-2H3,(H,22,24)(H,23,25)/t12?,15?,16?,17-,18+/m1/s1. The summed E-state index contributed by atoms with van der Waals surface area (Å²) in [4.78, 5) is 24.3. The van der Waals surface area contributed by atoms with Crippen molar-refractivity contribution in [2.45, 2.75) is 38.0 Å². The molecule has 8 heteroatoms. The average Bonchev–Trinajstić information content (AvgIpc) is 3.40. The molecule has 0 bridgehead atoms. The van der Waals surface area contributed by atoms with Gasteiger partial charge in [-0.25, -0.2) is 0 Å². The minimum atomic E-state index is -0.158. The molecule has 7 nitrogen and oxygen atoms in total. The van der Waals surface area contributed by atoms with Crippen LogP contribution in [0.1, 0.15) is 19.8 Å². The Hall–Kier alpha value is -1.83. The fraction of sp³-hybridized carbons (Fsp3) is 0.600. The van der Waals surface area contributed by atoms with Crippen molar-refractivity contribution in [2.24, 2.45) is 11.8 Å². The number of benzene rings is 1. The zero-order chi connectivity index (χ0) is 20.1. The van der Waals surface area contributed by atoms with E-state index in [0.29, 0.717) is 29.2 Å². The smallest absolute Gasteiger partial charge is 0.258 e. The topological polar surface area (TPSA) is 85.9 Å². The third-order valence-corrected chi connectivity index (χ3v) is 5.46. The molecule has 2 aliphatic rings. The van der Waals surface area contributed by atoms with E-state index in [9.17, 15) is 9.59 Å². The van der Waals surface area contributed by atoms with Gasteiger partial charge < -0.3 is 24.8 Å². The summed E-state index contributed by atoms with van der Waals surface area (Å²) in [5, 5.41) is 6.69. The maximum Gasteiger partial charge on any atom is 0.258 e. The molecule has 0 aromatic heterocycles. The first-order valence-electron chi connectivity index (χ1n) is 9.54. The van der Waals surface area contributed by atoms with Crippen molar-refractivity contribution in [3.63, 3.8) is 0 Å². The number of hydrogen-bond acceptors (Lipinski definition) is 5. The van der Waals surface area contributed by atoms with Gasteiger partial charge in [0.15, 0.2) is 6.61 Å². The van der Waals surface area contributed by atoms with Gasteiger partial charge in [0.1, 0.15) is 12.4 Å². The maximum atomic E-state index is 12.2. The van der Waals surface area contributed by atoms with Crippen LogP contribution in [0.4, 0.5) is 0 Å². The minimum Gasteiger partial charge on any atom is -0.484 e. The molecule has 2 amide bonds. The minimum absolute atomic E-state index is 0.0182. The average molecular weight is 411 g/mol. The predicted octanol–water partition coefficient (Wildman–Crippen LogP) is 1.78. The first kappa shape index (κ1) is 20.9. The molecule has 28 heavy (non-hydrogen) atoms. The lowest BCUT2D eigenvalue weighted by molar-refractivity contribution is -0.129. The highest BCUT2D eigenvalue weighted by molar-refractivity contribution is 6.30. The first-order valence-corrected chi connectivity index (χ1v) is 9.91. The highest BCUT2D eigenvalue weighted by Gasteiger charge is 2.55. The van der Waals surface area contributed by atoms with E-state index in [4.69, 9.17) is 25.8 Å². The van der Waals surface area contributed by atoms with Gasteiger partial charge in [-0.05, 0) is 55.9 Å². The van der Waals surface area contributed by atoms with Crippen LogP contribution < -0.4 is 15.4 Å². The van der Waals surface area contributed by atoms with Crippen LogP contribution in [-0.4, -0.2) is 56.9 Å². The Kier molecular flexibility index (Phi) is 7.15. The van der Waals surface area contributed by atoms with Crippen molar-refractivity contribution in [3.05, 3.63) is 29.3 Å². The summed E-state index contributed by atoms with van der Waals surface area (Å²) in [6.45, 7) is 2.29. The quantitative estimate of drug-likeness (QED) is 0.614. The third kappa shape index (κ3) is 5.83. The molecule has 154 valence electrons. The van der Waals surface area contributed by atoms with E-state index in [-0.39, 0.29) is 43.2 Å². The molecule has 5 atom stereocenters. The second-order valence-electron chi connectivity index (χ2n) is 7.47. The lowest BCUT2D eigenvalue weighted by Crippen LogP contribution is -2.42. The zero-order valence-electron chi connectivity index (χ0n) is 16.2. The highest BCUT2D eigenvalue weighted by Crippen LogP contribution is 2.51. The van der Waals surface area contributed by atoms with Gasteiger partial charge in [-0.1, -0.05) is 11.6 Å². The zero-order valence-corrected chi connectivity index (χ0v) is 16.9. The van der Waals surface area contributed by atoms with Crippen LogP contribution in [0.2, 0.25) is 5.02 Å². The van der Waals surface area contributed by atoms with E-state index in [1.807, 2.05) is 6.92 Å². The number of carbonyl (C=O) groups excluding carboxylic acids is 2. The molecule has 1 aromatic rings. The Balaban J connectivity index is 1.37. The molecule has 0 spiro atoms. The van der Waals surface area contributed by atoms with Gasteiger partial charge in [-0.3, -0.25) is 9.59 Å². The number of ether oxygens (including phenoxy) is 3. The lowest BCUT2D eigenvalue weighted by atomic mass is 10.1. The van der Waals surface area contributed by atoms with Crippen molar-refractivity contribution >= 4 is 23.4 Å². The Labute approximate surface area is 170 Å². The second kappa shape index (κ2) is 9.58. The first-order chi connectivity index (χ1) is 13.5. The molecule has 0 aliphatic heterocycles. The van der Waals surface area contributed by atoms with Gasteiger partial charge in [0.2, 0.25) is 5.91 Å². The van der Waals surface area contributed by atoms with Crippen LogP contribution in [0, 0.1) is 11.8 Å². The summed E-state index contributed by atoms with van der Waals surface area (Å²) < 4.78 is 15.9. The maximum absolute atomic E-state index is 12.2. The molecule has 2 fully saturated rings. The molecule has 0 saturated heterocycles. The Bertz CT molecular complexity index is 684. The van der Waals surface area contributed by atoms with Crippen LogP contribution in [0.3, 0.4) is 0 Å². The molecule has 3 unspecified atom stereocenters. The summed E-state index contributed by atoms with van der Waals surface area (Å²) in [7, 11) is 1.60. The van der Waals surface area contributed by atoms with E-state index in [1.165, 1.54) is 0 Å².